The van der Waals surface area contributed by atoms with Gasteiger partial charge in [0.05, 0.1) is 28.5 Å². The molecule has 2 aromatic heterocycles. The first-order chi connectivity index (χ1) is 12.7. The van der Waals surface area contributed by atoms with E-state index < -0.39 is 11.7 Å². The summed E-state index contributed by atoms with van der Waals surface area (Å²) in [6, 6.07) is 6.87. The first-order valence-corrected chi connectivity index (χ1v) is 8.85. The van der Waals surface area contributed by atoms with Gasteiger partial charge < -0.3 is 4.74 Å². The number of ether oxygens (including phenoxy) is 1. The molecule has 0 aliphatic heterocycles. The highest BCUT2D eigenvalue weighted by Gasteiger charge is 2.31. The van der Waals surface area contributed by atoms with Crippen LogP contribution in [0.1, 0.15) is 31.0 Å². The van der Waals surface area contributed by atoms with Gasteiger partial charge in [-0.3, -0.25) is 0 Å². The maximum absolute atomic E-state index is 13.2. The van der Waals surface area contributed by atoms with Gasteiger partial charge in [0, 0.05) is 17.8 Å². The molecule has 0 atom stereocenters. The molecule has 0 radical (unpaired) electrons. The first-order valence-electron chi connectivity index (χ1n) is 8.05. The monoisotopic (exact) mass is 440 g/mol. The Bertz CT molecular complexity index is 969. The molecule has 9 heteroatoms. The van der Waals surface area contributed by atoms with Crippen molar-refractivity contribution in [2.75, 3.05) is 7.11 Å². The van der Waals surface area contributed by atoms with Crippen molar-refractivity contribution in [3.63, 3.8) is 0 Å². The summed E-state index contributed by atoms with van der Waals surface area (Å²) in [5.41, 5.74) is 0.824. The first kappa shape index (κ1) is 19.3. The molecule has 0 fully saturated rings. The van der Waals surface area contributed by atoms with Crippen LogP contribution in [-0.4, -0.2) is 26.9 Å². The Balaban J connectivity index is 2.26. The number of hydrogen-bond acceptors (Lipinski definition) is 4. The Kier molecular flexibility index (Phi) is 5.23. The third-order valence-corrected chi connectivity index (χ3v) is 4.66. The molecular weight excluding hydrogens is 425 g/mol. The predicted molar refractivity (Wildman–Crippen MR) is 97.9 cm³/mol. The quantitative estimate of drug-likeness (QED) is 0.556. The minimum atomic E-state index is -4.44. The highest BCUT2D eigenvalue weighted by molar-refractivity contribution is 9.10. The largest absolute Gasteiger partial charge is 0.467 e. The highest BCUT2D eigenvalue weighted by Crippen LogP contribution is 2.38. The van der Waals surface area contributed by atoms with Gasteiger partial charge in [-0.25, -0.2) is 9.67 Å². The van der Waals surface area contributed by atoms with Crippen molar-refractivity contribution in [1.29, 1.82) is 0 Å². The Labute approximate surface area is 162 Å². The fourth-order valence-electron chi connectivity index (χ4n) is 2.59. The van der Waals surface area contributed by atoms with Crippen molar-refractivity contribution in [2.45, 2.75) is 25.9 Å². The van der Waals surface area contributed by atoms with Crippen LogP contribution in [0.3, 0.4) is 0 Å². The van der Waals surface area contributed by atoms with E-state index in [0.717, 1.165) is 12.1 Å². The molecule has 0 saturated carbocycles. The van der Waals surface area contributed by atoms with Crippen LogP contribution >= 0.6 is 15.9 Å². The minimum absolute atomic E-state index is 0.0499. The molecule has 0 amide bonds. The highest BCUT2D eigenvalue weighted by atomic mass is 79.9. The second kappa shape index (κ2) is 7.30. The van der Waals surface area contributed by atoms with Crippen molar-refractivity contribution in [3.05, 3.63) is 52.3 Å². The average Bonchev–Trinajstić information content (AvgIpc) is 2.98. The predicted octanol–water partition coefficient (Wildman–Crippen LogP) is 5.24. The second-order valence-electron chi connectivity index (χ2n) is 6.09. The molecule has 5 nitrogen and oxygen atoms in total. The zero-order valence-corrected chi connectivity index (χ0v) is 16.3. The molecule has 0 spiro atoms. The summed E-state index contributed by atoms with van der Waals surface area (Å²) in [6.45, 7) is 3.90. The molecule has 2 heterocycles. The number of halogens is 4. The van der Waals surface area contributed by atoms with Crippen LogP contribution in [0.2, 0.25) is 0 Å². The maximum atomic E-state index is 13.2. The summed E-state index contributed by atoms with van der Waals surface area (Å²) in [6.07, 6.45) is -2.94. The van der Waals surface area contributed by atoms with E-state index in [0.29, 0.717) is 27.2 Å². The number of methoxy groups -OCH3 is 1. The summed E-state index contributed by atoms with van der Waals surface area (Å²) in [7, 11) is 1.44. The molecule has 0 saturated heterocycles. The van der Waals surface area contributed by atoms with Crippen LogP contribution in [0.4, 0.5) is 13.2 Å². The smallest absolute Gasteiger partial charge is 0.416 e. The fourth-order valence-corrected chi connectivity index (χ4v) is 3.52. The summed E-state index contributed by atoms with van der Waals surface area (Å²) in [4.78, 5) is 8.22. The van der Waals surface area contributed by atoms with E-state index in [1.165, 1.54) is 24.1 Å². The molecule has 1 aromatic carbocycles. The number of hydrogen-bond donors (Lipinski definition) is 0. The molecule has 142 valence electrons. The van der Waals surface area contributed by atoms with Crippen LogP contribution in [0.15, 0.2) is 41.0 Å². The molecule has 0 bridgehead atoms. The van der Waals surface area contributed by atoms with E-state index in [1.54, 1.807) is 12.1 Å². The third-order valence-electron chi connectivity index (χ3n) is 3.88. The van der Waals surface area contributed by atoms with Crippen molar-refractivity contribution >= 4 is 15.9 Å². The van der Waals surface area contributed by atoms with Crippen molar-refractivity contribution in [3.8, 4) is 23.1 Å². The third kappa shape index (κ3) is 3.83. The zero-order chi connectivity index (χ0) is 19.8. The fraction of sp³-hybridized carbons (Fsp3) is 0.278. The van der Waals surface area contributed by atoms with Gasteiger partial charge in [-0.1, -0.05) is 26.0 Å². The van der Waals surface area contributed by atoms with Crippen LogP contribution in [-0.2, 0) is 6.18 Å². The van der Waals surface area contributed by atoms with Gasteiger partial charge >= 0.3 is 12.2 Å². The Morgan fingerprint density at radius 3 is 2.56 bits per heavy atom. The van der Waals surface area contributed by atoms with E-state index in [1.807, 2.05) is 13.8 Å². The number of rotatable bonds is 4. The number of aromatic nitrogens is 4. The van der Waals surface area contributed by atoms with E-state index in [-0.39, 0.29) is 11.9 Å². The topological polar surface area (TPSA) is 52.8 Å². The Morgan fingerprint density at radius 2 is 1.93 bits per heavy atom. The number of alkyl halides is 3. The number of nitrogens with zero attached hydrogens (tertiary/aromatic N) is 4. The SMILES string of the molecule is COc1nccc(-n2nc(C(C)C)c(Br)c2-c2cccc(C(F)(F)F)c2)n1. The van der Waals surface area contributed by atoms with Crippen LogP contribution in [0.25, 0.3) is 17.1 Å². The summed E-state index contributed by atoms with van der Waals surface area (Å²) in [5, 5.41) is 4.57. The van der Waals surface area contributed by atoms with Crippen molar-refractivity contribution < 1.29 is 17.9 Å². The molecule has 0 N–H and O–H groups in total. The molecule has 0 unspecified atom stereocenters. The lowest BCUT2D eigenvalue weighted by atomic mass is 10.1. The number of benzene rings is 1. The Morgan fingerprint density at radius 1 is 1.19 bits per heavy atom. The van der Waals surface area contributed by atoms with Crippen LogP contribution in [0, 0.1) is 0 Å². The Hall–Kier alpha value is -2.42. The maximum Gasteiger partial charge on any atom is 0.416 e. The minimum Gasteiger partial charge on any atom is -0.467 e. The zero-order valence-electron chi connectivity index (χ0n) is 14.8. The standard InChI is InChI=1S/C18H16BrF3N4O/c1-10(2)15-14(19)16(11-5-4-6-12(9-11)18(20,21)22)26(25-15)13-7-8-23-17(24-13)27-3/h4-10H,1-3H3. The lowest BCUT2D eigenvalue weighted by Crippen LogP contribution is -2.07. The van der Waals surface area contributed by atoms with E-state index >= 15 is 0 Å². The van der Waals surface area contributed by atoms with Gasteiger partial charge in [0.1, 0.15) is 0 Å². The summed E-state index contributed by atoms with van der Waals surface area (Å²) < 4.78 is 46.7. The normalized spacial score (nSPS) is 11.9. The van der Waals surface area contributed by atoms with Gasteiger partial charge in [0.15, 0.2) is 5.82 Å². The average molecular weight is 441 g/mol. The van der Waals surface area contributed by atoms with E-state index in [9.17, 15) is 13.2 Å². The lowest BCUT2D eigenvalue weighted by molar-refractivity contribution is -0.137. The molecule has 0 aliphatic carbocycles. The van der Waals surface area contributed by atoms with Gasteiger partial charge in [0.25, 0.3) is 0 Å². The van der Waals surface area contributed by atoms with E-state index in [4.69, 9.17) is 4.74 Å². The lowest BCUT2D eigenvalue weighted by Gasteiger charge is -2.11. The molecule has 3 rings (SSSR count). The van der Waals surface area contributed by atoms with Gasteiger partial charge in [-0.05, 0) is 34.0 Å². The van der Waals surface area contributed by atoms with Gasteiger partial charge in [-0.2, -0.15) is 23.3 Å². The van der Waals surface area contributed by atoms with Crippen molar-refractivity contribution in [2.24, 2.45) is 0 Å². The second-order valence-corrected chi connectivity index (χ2v) is 6.89. The van der Waals surface area contributed by atoms with Crippen LogP contribution in [0.5, 0.6) is 6.01 Å². The molecular formula is C18H16BrF3N4O. The van der Waals surface area contributed by atoms with Gasteiger partial charge in [0.2, 0.25) is 0 Å². The molecule has 0 aliphatic rings. The van der Waals surface area contributed by atoms with Crippen LogP contribution < -0.4 is 4.74 Å². The van der Waals surface area contributed by atoms with Gasteiger partial charge in [-0.15, -0.1) is 0 Å². The summed E-state index contributed by atoms with van der Waals surface area (Å²) >= 11 is 3.51. The van der Waals surface area contributed by atoms with Crippen molar-refractivity contribution in [1.82, 2.24) is 19.7 Å². The summed E-state index contributed by atoms with van der Waals surface area (Å²) in [5.74, 6) is 0.441. The molecule has 27 heavy (non-hydrogen) atoms. The molecule has 3 aromatic rings. The van der Waals surface area contributed by atoms with E-state index in [2.05, 4.69) is 31.0 Å².